The summed E-state index contributed by atoms with van der Waals surface area (Å²) in [6.07, 6.45) is 0. The summed E-state index contributed by atoms with van der Waals surface area (Å²) in [6.45, 7) is 3.57. The summed E-state index contributed by atoms with van der Waals surface area (Å²) in [5.41, 5.74) is 2.28. The Balaban J connectivity index is 3.02. The van der Waals surface area contributed by atoms with Gasteiger partial charge in [-0.25, -0.2) is 8.42 Å². The molecule has 0 aliphatic rings. The van der Waals surface area contributed by atoms with E-state index in [0.29, 0.717) is 11.1 Å². The van der Waals surface area contributed by atoms with Crippen LogP contribution in [-0.4, -0.2) is 13.4 Å². The Kier molecular flexibility index (Phi) is 2.28. The monoisotopic (exact) mass is 243 g/mol. The molecule has 5 heteroatoms. The summed E-state index contributed by atoms with van der Waals surface area (Å²) in [5.74, 6) is 0. The van der Waals surface area contributed by atoms with Gasteiger partial charge in [0.15, 0.2) is 0 Å². The number of fused-ring (bicyclic) bond motifs is 1. The van der Waals surface area contributed by atoms with E-state index in [0.717, 1.165) is 11.1 Å². The maximum atomic E-state index is 11.4. The Bertz CT molecular complexity index is 628. The van der Waals surface area contributed by atoms with E-state index in [4.69, 9.17) is 10.7 Å². The third-order valence-corrected chi connectivity index (χ3v) is 3.87. The third kappa shape index (κ3) is 1.64. The van der Waals surface area contributed by atoms with Crippen molar-refractivity contribution >= 4 is 30.6 Å². The van der Waals surface area contributed by atoms with Gasteiger partial charge in [0, 0.05) is 27.3 Å². The first kappa shape index (κ1) is 10.5. The fraction of sp³-hybridized carbons (Fsp3) is 0.200. The number of rotatable bonds is 1. The molecule has 1 N–H and O–H groups in total. The van der Waals surface area contributed by atoms with E-state index < -0.39 is 9.05 Å². The zero-order chi connectivity index (χ0) is 11.2. The Labute approximate surface area is 92.5 Å². The van der Waals surface area contributed by atoms with Crippen LogP contribution >= 0.6 is 10.7 Å². The number of aromatic amines is 1. The van der Waals surface area contributed by atoms with Gasteiger partial charge in [-0.1, -0.05) is 12.1 Å². The molecule has 3 nitrogen and oxygen atoms in total. The van der Waals surface area contributed by atoms with Crippen molar-refractivity contribution in [2.45, 2.75) is 18.7 Å². The fourth-order valence-corrected chi connectivity index (χ4v) is 3.33. The topological polar surface area (TPSA) is 49.9 Å². The van der Waals surface area contributed by atoms with Crippen LogP contribution in [0.5, 0.6) is 0 Å². The Morgan fingerprint density at radius 2 is 1.93 bits per heavy atom. The van der Waals surface area contributed by atoms with Crippen molar-refractivity contribution in [1.29, 1.82) is 0 Å². The van der Waals surface area contributed by atoms with Crippen LogP contribution in [0.4, 0.5) is 0 Å². The summed E-state index contributed by atoms with van der Waals surface area (Å²) in [4.78, 5) is 3.20. The van der Waals surface area contributed by atoms with Crippen molar-refractivity contribution < 1.29 is 8.42 Å². The van der Waals surface area contributed by atoms with Crippen molar-refractivity contribution in [2.24, 2.45) is 0 Å². The summed E-state index contributed by atoms with van der Waals surface area (Å²) in [5, 5.41) is 0.685. The molecule has 0 spiro atoms. The lowest BCUT2D eigenvalue weighted by Gasteiger charge is -1.98. The molecule has 1 aromatic carbocycles. The highest BCUT2D eigenvalue weighted by Crippen LogP contribution is 2.31. The molecule has 0 amide bonds. The molecule has 0 unspecified atom stereocenters. The van der Waals surface area contributed by atoms with Gasteiger partial charge in [0.1, 0.15) is 4.90 Å². The van der Waals surface area contributed by atoms with Gasteiger partial charge in [0.2, 0.25) is 0 Å². The minimum absolute atomic E-state index is 0.192. The molecule has 1 aromatic heterocycles. The van der Waals surface area contributed by atoms with Gasteiger partial charge in [-0.2, -0.15) is 0 Å². The van der Waals surface area contributed by atoms with Crippen LogP contribution < -0.4 is 0 Å². The quantitative estimate of drug-likeness (QED) is 0.783. The normalized spacial score (nSPS) is 12.2. The number of halogens is 1. The maximum Gasteiger partial charge on any atom is 0.263 e. The molecule has 80 valence electrons. The van der Waals surface area contributed by atoms with Gasteiger partial charge in [-0.3, -0.25) is 0 Å². The molecule has 0 saturated carbocycles. The highest BCUT2D eigenvalue weighted by molar-refractivity contribution is 8.14. The molecule has 0 aliphatic heterocycles. The van der Waals surface area contributed by atoms with Gasteiger partial charge in [-0.05, 0) is 25.5 Å². The van der Waals surface area contributed by atoms with E-state index in [9.17, 15) is 8.42 Å². The first-order valence-electron chi connectivity index (χ1n) is 4.44. The van der Waals surface area contributed by atoms with Crippen molar-refractivity contribution in [3.05, 3.63) is 29.5 Å². The first-order chi connectivity index (χ1) is 6.91. The largest absolute Gasteiger partial charge is 0.357 e. The van der Waals surface area contributed by atoms with Crippen molar-refractivity contribution in [3.8, 4) is 0 Å². The maximum absolute atomic E-state index is 11.4. The van der Waals surface area contributed by atoms with Gasteiger partial charge in [0.25, 0.3) is 9.05 Å². The predicted octanol–water partition coefficient (Wildman–Crippen LogP) is 2.71. The lowest BCUT2D eigenvalue weighted by atomic mass is 10.1. The molecule has 0 radical (unpaired) electrons. The zero-order valence-electron chi connectivity index (χ0n) is 8.33. The highest BCUT2D eigenvalue weighted by atomic mass is 35.7. The van der Waals surface area contributed by atoms with Gasteiger partial charge in [-0.15, -0.1) is 0 Å². The van der Waals surface area contributed by atoms with Crippen LogP contribution in [0.1, 0.15) is 11.3 Å². The fourth-order valence-electron chi connectivity index (χ4n) is 1.82. The van der Waals surface area contributed by atoms with Crippen LogP contribution in [0.15, 0.2) is 23.1 Å². The average molecular weight is 244 g/mol. The second-order valence-corrected chi connectivity index (χ2v) is 6.02. The molecule has 0 atom stereocenters. The lowest BCUT2D eigenvalue weighted by Crippen LogP contribution is -1.92. The molecular weight excluding hydrogens is 234 g/mol. The smallest absolute Gasteiger partial charge is 0.263 e. The number of hydrogen-bond donors (Lipinski definition) is 1. The molecule has 15 heavy (non-hydrogen) atoms. The molecule has 2 aromatic rings. The minimum atomic E-state index is -3.70. The number of hydrogen-bond acceptors (Lipinski definition) is 2. The SMILES string of the molecule is Cc1[nH]c2cccc(C)c2c1S(=O)(=O)Cl. The van der Waals surface area contributed by atoms with Crippen molar-refractivity contribution in [3.63, 3.8) is 0 Å². The zero-order valence-corrected chi connectivity index (χ0v) is 9.91. The number of H-pyrrole nitrogens is 1. The van der Waals surface area contributed by atoms with Gasteiger partial charge >= 0.3 is 0 Å². The highest BCUT2D eigenvalue weighted by Gasteiger charge is 2.20. The summed E-state index contributed by atoms with van der Waals surface area (Å²) in [6, 6.07) is 5.57. The molecule has 0 aliphatic carbocycles. The van der Waals surface area contributed by atoms with Crippen LogP contribution in [0.25, 0.3) is 10.9 Å². The standard InChI is InChI=1S/C10H10ClNO2S/c1-6-4-3-5-8-9(6)10(7(2)12-8)15(11,13)14/h3-5,12H,1-2H3. The first-order valence-corrected chi connectivity index (χ1v) is 6.75. The van der Waals surface area contributed by atoms with Crippen molar-refractivity contribution in [1.82, 2.24) is 4.98 Å². The molecule has 0 bridgehead atoms. The number of nitrogens with one attached hydrogen (secondary N) is 1. The van der Waals surface area contributed by atoms with E-state index in [2.05, 4.69) is 4.98 Å². The van der Waals surface area contributed by atoms with Gasteiger partial charge < -0.3 is 4.98 Å². The molecule has 0 saturated heterocycles. The Hall–Kier alpha value is -1.00. The van der Waals surface area contributed by atoms with E-state index >= 15 is 0 Å². The number of benzene rings is 1. The third-order valence-electron chi connectivity index (χ3n) is 2.41. The summed E-state index contributed by atoms with van der Waals surface area (Å²) in [7, 11) is 1.71. The van der Waals surface area contributed by atoms with Gasteiger partial charge in [0.05, 0.1) is 0 Å². The Morgan fingerprint density at radius 1 is 1.27 bits per heavy atom. The Morgan fingerprint density at radius 3 is 2.53 bits per heavy atom. The van der Waals surface area contributed by atoms with E-state index in [1.54, 1.807) is 6.92 Å². The van der Waals surface area contributed by atoms with Crippen LogP contribution in [0, 0.1) is 13.8 Å². The van der Waals surface area contributed by atoms with Crippen LogP contribution in [0.3, 0.4) is 0 Å². The number of aryl methyl sites for hydroxylation is 2. The van der Waals surface area contributed by atoms with E-state index in [1.165, 1.54) is 0 Å². The van der Waals surface area contributed by atoms with Crippen molar-refractivity contribution in [2.75, 3.05) is 0 Å². The predicted molar refractivity (Wildman–Crippen MR) is 60.8 cm³/mol. The molecule has 2 rings (SSSR count). The van der Waals surface area contributed by atoms with E-state index in [-0.39, 0.29) is 4.90 Å². The minimum Gasteiger partial charge on any atom is -0.357 e. The average Bonchev–Trinajstić information content (AvgIpc) is 2.41. The van der Waals surface area contributed by atoms with Crippen LogP contribution in [0.2, 0.25) is 0 Å². The number of aromatic nitrogens is 1. The second-order valence-electron chi connectivity index (χ2n) is 3.51. The second kappa shape index (κ2) is 3.25. The molecule has 0 fully saturated rings. The summed E-state index contributed by atoms with van der Waals surface area (Å²) < 4.78 is 22.9. The van der Waals surface area contributed by atoms with E-state index in [1.807, 2.05) is 25.1 Å². The summed E-state index contributed by atoms with van der Waals surface area (Å²) >= 11 is 0. The molecule has 1 heterocycles. The molecular formula is C10H10ClNO2S. The van der Waals surface area contributed by atoms with Crippen LogP contribution in [-0.2, 0) is 9.05 Å². The lowest BCUT2D eigenvalue weighted by molar-refractivity contribution is 0.610.